The first-order valence-corrected chi connectivity index (χ1v) is 7.52. The van der Waals surface area contributed by atoms with Crippen LogP contribution in [0.1, 0.15) is 29.0 Å². The lowest BCUT2D eigenvalue weighted by molar-refractivity contribution is 0.0594. The van der Waals surface area contributed by atoms with E-state index in [1.54, 1.807) is 6.07 Å². The van der Waals surface area contributed by atoms with Gasteiger partial charge in [-0.15, -0.1) is 0 Å². The Hall–Kier alpha value is -1.14. The van der Waals surface area contributed by atoms with Crippen LogP contribution in [0.2, 0.25) is 0 Å². The molecule has 2 N–H and O–H groups in total. The second-order valence-corrected chi connectivity index (χ2v) is 6.09. The minimum Gasteiger partial charge on any atom is -0.464 e. The van der Waals surface area contributed by atoms with Gasteiger partial charge in [-0.3, -0.25) is 4.21 Å². The summed E-state index contributed by atoms with van der Waals surface area (Å²) in [5.41, 5.74) is 1.43. The maximum atomic E-state index is 11.3. The Balaban J connectivity index is 1.81. The number of ether oxygens (including phenoxy) is 1. The van der Waals surface area contributed by atoms with Gasteiger partial charge < -0.3 is 15.0 Å². The fourth-order valence-corrected chi connectivity index (χ4v) is 3.32. The number of carbonyl (C=O) groups excluding carboxylic acids is 1. The summed E-state index contributed by atoms with van der Waals surface area (Å²) in [5, 5.41) is 3.41. The third kappa shape index (κ3) is 3.43. The molecule has 1 saturated heterocycles. The molecule has 6 heteroatoms. The van der Waals surface area contributed by atoms with Gasteiger partial charge in [-0.2, -0.15) is 0 Å². The van der Waals surface area contributed by atoms with E-state index in [0.717, 1.165) is 30.0 Å². The van der Waals surface area contributed by atoms with Crippen LogP contribution in [-0.4, -0.2) is 39.8 Å². The molecule has 0 saturated carbocycles. The number of H-pyrrole nitrogens is 1. The zero-order valence-electron chi connectivity index (χ0n) is 10.4. The molecule has 100 valence electrons. The largest absolute Gasteiger partial charge is 0.464 e. The monoisotopic (exact) mass is 270 g/mol. The summed E-state index contributed by atoms with van der Waals surface area (Å²) in [6, 6.07) is 4.02. The van der Waals surface area contributed by atoms with Crippen molar-refractivity contribution in [2.45, 2.75) is 25.4 Å². The molecular weight excluding hydrogens is 252 g/mol. The predicted octanol–water partition coefficient (Wildman–Crippen LogP) is 0.802. The summed E-state index contributed by atoms with van der Waals surface area (Å²) >= 11 is 0. The molecule has 1 aromatic heterocycles. The van der Waals surface area contributed by atoms with Gasteiger partial charge >= 0.3 is 5.97 Å². The quantitative estimate of drug-likeness (QED) is 0.794. The zero-order chi connectivity index (χ0) is 13.0. The molecule has 0 bridgehead atoms. The van der Waals surface area contributed by atoms with Crippen molar-refractivity contribution in [2.75, 3.05) is 18.6 Å². The Kier molecular flexibility index (Phi) is 4.54. The second-order valence-electron chi connectivity index (χ2n) is 4.39. The van der Waals surface area contributed by atoms with Crippen LogP contribution in [0.5, 0.6) is 0 Å². The predicted molar refractivity (Wildman–Crippen MR) is 69.9 cm³/mol. The molecule has 0 radical (unpaired) electrons. The summed E-state index contributed by atoms with van der Waals surface area (Å²) in [7, 11) is 0.743. The molecule has 0 spiro atoms. The first-order valence-electron chi connectivity index (χ1n) is 6.03. The summed E-state index contributed by atoms with van der Waals surface area (Å²) in [6.07, 6.45) is 1.91. The summed E-state index contributed by atoms with van der Waals surface area (Å²) in [5.74, 6) is 1.22. The number of rotatable bonds is 4. The van der Waals surface area contributed by atoms with Crippen molar-refractivity contribution in [3.63, 3.8) is 0 Å². The summed E-state index contributed by atoms with van der Waals surface area (Å²) in [4.78, 5) is 14.3. The van der Waals surface area contributed by atoms with Crippen LogP contribution in [0.15, 0.2) is 12.1 Å². The highest BCUT2D eigenvalue weighted by Gasteiger charge is 2.17. The van der Waals surface area contributed by atoms with Crippen LogP contribution < -0.4 is 5.32 Å². The average molecular weight is 270 g/mol. The lowest BCUT2D eigenvalue weighted by atomic mass is 10.1. The lowest BCUT2D eigenvalue weighted by Crippen LogP contribution is -2.35. The highest BCUT2D eigenvalue weighted by molar-refractivity contribution is 7.85. The number of esters is 1. The fourth-order valence-electron chi connectivity index (χ4n) is 2.02. The van der Waals surface area contributed by atoms with E-state index in [-0.39, 0.29) is 5.97 Å². The number of hydrogen-bond donors (Lipinski definition) is 2. The lowest BCUT2D eigenvalue weighted by Gasteiger charge is -2.22. The topological polar surface area (TPSA) is 71.2 Å². The van der Waals surface area contributed by atoms with Gasteiger partial charge in [-0.25, -0.2) is 4.79 Å². The van der Waals surface area contributed by atoms with E-state index in [1.807, 2.05) is 6.07 Å². The van der Waals surface area contributed by atoms with Crippen LogP contribution in [-0.2, 0) is 22.1 Å². The maximum Gasteiger partial charge on any atom is 0.354 e. The molecule has 18 heavy (non-hydrogen) atoms. The van der Waals surface area contributed by atoms with Crippen LogP contribution >= 0.6 is 0 Å². The highest BCUT2D eigenvalue weighted by atomic mass is 32.2. The number of nitrogens with one attached hydrogen (secondary N) is 2. The van der Waals surface area contributed by atoms with Crippen molar-refractivity contribution in [2.24, 2.45) is 0 Å². The fraction of sp³-hybridized carbons (Fsp3) is 0.583. The van der Waals surface area contributed by atoms with E-state index >= 15 is 0 Å². The first-order chi connectivity index (χ1) is 8.69. The van der Waals surface area contributed by atoms with Crippen LogP contribution in [0, 0.1) is 0 Å². The van der Waals surface area contributed by atoms with Gasteiger partial charge in [0, 0.05) is 40.6 Å². The number of aromatic amines is 1. The summed E-state index contributed by atoms with van der Waals surface area (Å²) < 4.78 is 15.9. The molecule has 0 atom stereocenters. The highest BCUT2D eigenvalue weighted by Crippen LogP contribution is 2.10. The van der Waals surface area contributed by atoms with E-state index in [9.17, 15) is 9.00 Å². The standard InChI is InChI=1S/C12H18N2O3S/c1-17-12(15)11-3-2-10(14-11)8-13-9-4-6-18(16)7-5-9/h2-3,9,13-14H,4-8H2,1H3. The molecule has 1 aromatic rings. The smallest absolute Gasteiger partial charge is 0.354 e. The molecule has 5 nitrogen and oxygen atoms in total. The Morgan fingerprint density at radius 1 is 1.50 bits per heavy atom. The number of carbonyl (C=O) groups is 1. The molecule has 2 rings (SSSR count). The van der Waals surface area contributed by atoms with Crippen molar-refractivity contribution in [1.29, 1.82) is 0 Å². The molecule has 0 aromatic carbocycles. The molecule has 1 fully saturated rings. The minimum atomic E-state index is -0.621. The third-order valence-electron chi connectivity index (χ3n) is 3.12. The van der Waals surface area contributed by atoms with E-state index < -0.39 is 10.8 Å². The Morgan fingerprint density at radius 3 is 2.89 bits per heavy atom. The van der Waals surface area contributed by atoms with Gasteiger partial charge in [-0.05, 0) is 25.0 Å². The molecule has 0 aliphatic carbocycles. The van der Waals surface area contributed by atoms with Crippen molar-refractivity contribution >= 4 is 16.8 Å². The minimum absolute atomic E-state index is 0.352. The third-order valence-corrected chi connectivity index (χ3v) is 4.50. The average Bonchev–Trinajstić information content (AvgIpc) is 2.86. The van der Waals surface area contributed by atoms with Gasteiger partial charge in [0.25, 0.3) is 0 Å². The van der Waals surface area contributed by atoms with Gasteiger partial charge in [0.2, 0.25) is 0 Å². The van der Waals surface area contributed by atoms with E-state index in [4.69, 9.17) is 0 Å². The van der Waals surface area contributed by atoms with Gasteiger partial charge in [0.1, 0.15) is 5.69 Å². The van der Waals surface area contributed by atoms with Gasteiger partial charge in [0.05, 0.1) is 7.11 Å². The van der Waals surface area contributed by atoms with E-state index in [1.165, 1.54) is 7.11 Å². The second kappa shape index (κ2) is 6.15. The number of methoxy groups -OCH3 is 1. The van der Waals surface area contributed by atoms with Crippen molar-refractivity contribution < 1.29 is 13.7 Å². The molecule has 1 aliphatic rings. The van der Waals surface area contributed by atoms with Crippen molar-refractivity contribution in [1.82, 2.24) is 10.3 Å². The number of hydrogen-bond acceptors (Lipinski definition) is 4. The molecule has 0 unspecified atom stereocenters. The van der Waals surface area contributed by atoms with Crippen LogP contribution in [0.4, 0.5) is 0 Å². The maximum absolute atomic E-state index is 11.3. The van der Waals surface area contributed by atoms with Crippen LogP contribution in [0.3, 0.4) is 0 Å². The summed E-state index contributed by atoms with van der Waals surface area (Å²) in [6.45, 7) is 0.689. The molecule has 0 amide bonds. The Bertz CT molecular complexity index is 434. The Morgan fingerprint density at radius 2 is 2.22 bits per heavy atom. The van der Waals surface area contributed by atoms with Crippen molar-refractivity contribution in [3.05, 3.63) is 23.5 Å². The van der Waals surface area contributed by atoms with E-state index in [0.29, 0.717) is 18.3 Å². The normalized spacial score (nSPS) is 23.8. The zero-order valence-corrected chi connectivity index (χ0v) is 11.2. The molecular formula is C12H18N2O3S. The van der Waals surface area contributed by atoms with E-state index in [2.05, 4.69) is 15.0 Å². The van der Waals surface area contributed by atoms with Crippen molar-refractivity contribution in [3.8, 4) is 0 Å². The van der Waals surface area contributed by atoms with Gasteiger partial charge in [0.15, 0.2) is 0 Å². The first kappa shape index (κ1) is 13.3. The molecule has 2 heterocycles. The Labute approximate surface area is 109 Å². The number of aromatic nitrogens is 1. The van der Waals surface area contributed by atoms with Crippen LogP contribution in [0.25, 0.3) is 0 Å². The molecule has 1 aliphatic heterocycles. The SMILES string of the molecule is COC(=O)c1ccc(CNC2CCS(=O)CC2)[nH]1. The van der Waals surface area contributed by atoms with Gasteiger partial charge in [-0.1, -0.05) is 0 Å².